The van der Waals surface area contributed by atoms with Crippen LogP contribution in [0.4, 0.5) is 5.69 Å². The number of nitrogens with zero attached hydrogens (tertiary/aromatic N) is 1. The average Bonchev–Trinajstić information content (AvgIpc) is 2.38. The van der Waals surface area contributed by atoms with Crippen molar-refractivity contribution in [2.24, 2.45) is 5.92 Å². The Morgan fingerprint density at radius 2 is 2.00 bits per heavy atom. The Balaban J connectivity index is 1.87. The van der Waals surface area contributed by atoms with Gasteiger partial charge in [-0.2, -0.15) is 0 Å². The summed E-state index contributed by atoms with van der Waals surface area (Å²) in [6.07, 6.45) is 3.37. The zero-order valence-corrected chi connectivity index (χ0v) is 10.9. The first-order valence-corrected chi connectivity index (χ1v) is 6.69. The van der Waals surface area contributed by atoms with E-state index in [0.29, 0.717) is 12.3 Å². The first-order valence-electron chi connectivity index (χ1n) is 6.69. The highest BCUT2D eigenvalue weighted by atomic mass is 16.4. The molecule has 1 N–H and O–H groups in total. The second-order valence-corrected chi connectivity index (χ2v) is 5.15. The van der Waals surface area contributed by atoms with E-state index in [1.807, 2.05) is 0 Å². The number of benzene rings is 1. The van der Waals surface area contributed by atoms with Gasteiger partial charge in [-0.1, -0.05) is 18.2 Å². The molecule has 0 amide bonds. The number of anilines is 1. The Morgan fingerprint density at radius 1 is 1.33 bits per heavy atom. The van der Waals surface area contributed by atoms with Crippen LogP contribution in [0.25, 0.3) is 0 Å². The fourth-order valence-electron chi connectivity index (χ4n) is 2.71. The Bertz CT molecular complexity index is 409. The molecule has 0 bridgehead atoms. The van der Waals surface area contributed by atoms with Crippen molar-refractivity contribution in [3.8, 4) is 0 Å². The van der Waals surface area contributed by atoms with Crippen molar-refractivity contribution in [2.75, 3.05) is 18.0 Å². The van der Waals surface area contributed by atoms with Crippen LogP contribution < -0.4 is 4.90 Å². The van der Waals surface area contributed by atoms with Gasteiger partial charge >= 0.3 is 5.97 Å². The van der Waals surface area contributed by atoms with Crippen LogP contribution >= 0.6 is 0 Å². The van der Waals surface area contributed by atoms with Crippen molar-refractivity contribution in [2.45, 2.75) is 32.6 Å². The molecule has 0 aromatic heterocycles. The van der Waals surface area contributed by atoms with Crippen LogP contribution in [-0.2, 0) is 4.79 Å². The van der Waals surface area contributed by atoms with Gasteiger partial charge in [-0.25, -0.2) is 0 Å². The van der Waals surface area contributed by atoms with Crippen molar-refractivity contribution < 1.29 is 9.90 Å². The third kappa shape index (κ3) is 3.25. The van der Waals surface area contributed by atoms with E-state index in [2.05, 4.69) is 36.1 Å². The summed E-state index contributed by atoms with van der Waals surface area (Å²) in [5.74, 6) is -0.0855. The fraction of sp³-hybridized carbons (Fsp3) is 0.533. The SMILES string of the molecule is Cc1ccccc1N1CCC(CCC(=O)O)CC1. The summed E-state index contributed by atoms with van der Waals surface area (Å²) in [4.78, 5) is 13.0. The van der Waals surface area contributed by atoms with Gasteiger partial charge in [-0.15, -0.1) is 0 Å². The molecule has 1 saturated heterocycles. The summed E-state index contributed by atoms with van der Waals surface area (Å²) >= 11 is 0. The van der Waals surface area contributed by atoms with Crippen LogP contribution in [0.5, 0.6) is 0 Å². The third-order valence-electron chi connectivity index (χ3n) is 3.84. The lowest BCUT2D eigenvalue weighted by molar-refractivity contribution is -0.137. The minimum atomic E-state index is -0.670. The third-order valence-corrected chi connectivity index (χ3v) is 3.84. The van der Waals surface area contributed by atoms with Crippen LogP contribution in [0.3, 0.4) is 0 Å². The molecule has 0 aliphatic carbocycles. The van der Waals surface area contributed by atoms with Crippen molar-refractivity contribution in [1.82, 2.24) is 0 Å². The van der Waals surface area contributed by atoms with Crippen LogP contribution in [0, 0.1) is 12.8 Å². The lowest BCUT2D eigenvalue weighted by Gasteiger charge is -2.34. The molecule has 0 saturated carbocycles. The Labute approximate surface area is 108 Å². The Kier molecular flexibility index (Phi) is 4.24. The van der Waals surface area contributed by atoms with E-state index in [4.69, 9.17) is 5.11 Å². The maximum absolute atomic E-state index is 10.6. The molecule has 2 rings (SSSR count). The fourth-order valence-corrected chi connectivity index (χ4v) is 2.71. The van der Waals surface area contributed by atoms with Gasteiger partial charge in [0.15, 0.2) is 0 Å². The molecular weight excluding hydrogens is 226 g/mol. The standard InChI is InChI=1S/C15H21NO2/c1-12-4-2-3-5-14(12)16-10-8-13(9-11-16)6-7-15(17)18/h2-5,13H,6-11H2,1H3,(H,17,18). The number of carboxylic acid groups (broad SMARTS) is 1. The van der Waals surface area contributed by atoms with Gasteiger partial charge in [0.25, 0.3) is 0 Å². The van der Waals surface area contributed by atoms with Crippen LogP contribution in [-0.4, -0.2) is 24.2 Å². The van der Waals surface area contributed by atoms with Crippen molar-refractivity contribution in [1.29, 1.82) is 0 Å². The van der Waals surface area contributed by atoms with Crippen LogP contribution in [0.1, 0.15) is 31.2 Å². The van der Waals surface area contributed by atoms with Gasteiger partial charge < -0.3 is 10.0 Å². The number of aryl methyl sites for hydroxylation is 1. The molecule has 0 unspecified atom stereocenters. The summed E-state index contributed by atoms with van der Waals surface area (Å²) in [5, 5.41) is 8.70. The highest BCUT2D eigenvalue weighted by Crippen LogP contribution is 2.27. The first-order chi connectivity index (χ1) is 8.66. The number of aliphatic carboxylic acids is 1. The predicted octanol–water partition coefficient (Wildman–Crippen LogP) is 3.08. The number of para-hydroxylation sites is 1. The van der Waals surface area contributed by atoms with E-state index in [-0.39, 0.29) is 0 Å². The largest absolute Gasteiger partial charge is 0.481 e. The highest BCUT2D eigenvalue weighted by Gasteiger charge is 2.20. The lowest BCUT2D eigenvalue weighted by Crippen LogP contribution is -2.34. The molecule has 1 heterocycles. The summed E-state index contributed by atoms with van der Waals surface area (Å²) in [5.41, 5.74) is 2.65. The molecule has 3 heteroatoms. The number of carboxylic acids is 1. The molecule has 0 radical (unpaired) electrons. The van der Waals surface area contributed by atoms with Crippen molar-refractivity contribution >= 4 is 11.7 Å². The van der Waals surface area contributed by atoms with Gasteiger partial charge in [0.2, 0.25) is 0 Å². The quantitative estimate of drug-likeness (QED) is 0.889. The summed E-state index contributed by atoms with van der Waals surface area (Å²) in [6.45, 7) is 4.25. The Hall–Kier alpha value is -1.51. The molecule has 0 atom stereocenters. The molecule has 1 aromatic carbocycles. The van der Waals surface area contributed by atoms with E-state index in [9.17, 15) is 4.79 Å². The lowest BCUT2D eigenvalue weighted by atomic mass is 9.91. The van der Waals surface area contributed by atoms with Gasteiger partial charge in [0.1, 0.15) is 0 Å². The molecular formula is C15H21NO2. The van der Waals surface area contributed by atoms with Crippen molar-refractivity contribution in [3.05, 3.63) is 29.8 Å². The minimum Gasteiger partial charge on any atom is -0.481 e. The zero-order chi connectivity index (χ0) is 13.0. The van der Waals surface area contributed by atoms with E-state index in [1.54, 1.807) is 0 Å². The average molecular weight is 247 g/mol. The van der Waals surface area contributed by atoms with E-state index < -0.39 is 5.97 Å². The topological polar surface area (TPSA) is 40.5 Å². The maximum atomic E-state index is 10.6. The van der Waals surface area contributed by atoms with Gasteiger partial charge in [-0.05, 0) is 43.7 Å². The molecule has 1 aliphatic heterocycles. The van der Waals surface area contributed by atoms with Crippen LogP contribution in [0.15, 0.2) is 24.3 Å². The number of carbonyl (C=O) groups is 1. The predicted molar refractivity (Wildman–Crippen MR) is 73.0 cm³/mol. The molecule has 0 spiro atoms. The smallest absolute Gasteiger partial charge is 0.303 e. The zero-order valence-electron chi connectivity index (χ0n) is 10.9. The van der Waals surface area contributed by atoms with E-state index in [0.717, 1.165) is 32.4 Å². The highest BCUT2D eigenvalue weighted by molar-refractivity contribution is 5.66. The van der Waals surface area contributed by atoms with Gasteiger partial charge in [0, 0.05) is 25.2 Å². The monoisotopic (exact) mass is 247 g/mol. The number of piperidine rings is 1. The Morgan fingerprint density at radius 3 is 2.61 bits per heavy atom. The number of rotatable bonds is 4. The molecule has 1 aliphatic rings. The van der Waals surface area contributed by atoms with Crippen molar-refractivity contribution in [3.63, 3.8) is 0 Å². The summed E-state index contributed by atoms with van der Waals surface area (Å²) in [6, 6.07) is 8.47. The molecule has 18 heavy (non-hydrogen) atoms. The van der Waals surface area contributed by atoms with Gasteiger partial charge in [0.05, 0.1) is 0 Å². The molecule has 1 fully saturated rings. The second-order valence-electron chi connectivity index (χ2n) is 5.15. The number of hydrogen-bond acceptors (Lipinski definition) is 2. The summed E-state index contributed by atoms with van der Waals surface area (Å²) in [7, 11) is 0. The second kappa shape index (κ2) is 5.89. The molecule has 1 aromatic rings. The van der Waals surface area contributed by atoms with E-state index in [1.165, 1.54) is 11.3 Å². The van der Waals surface area contributed by atoms with Crippen LogP contribution in [0.2, 0.25) is 0 Å². The number of hydrogen-bond donors (Lipinski definition) is 1. The normalized spacial score (nSPS) is 16.8. The summed E-state index contributed by atoms with van der Waals surface area (Å²) < 4.78 is 0. The maximum Gasteiger partial charge on any atom is 0.303 e. The minimum absolute atomic E-state index is 0.315. The molecule has 3 nitrogen and oxygen atoms in total. The van der Waals surface area contributed by atoms with E-state index >= 15 is 0 Å². The van der Waals surface area contributed by atoms with Gasteiger partial charge in [-0.3, -0.25) is 4.79 Å². The first kappa shape index (κ1) is 12.9. The molecule has 98 valence electrons.